The number of fused-ring (bicyclic) bond motifs is 1. The van der Waals surface area contributed by atoms with Gasteiger partial charge in [0.2, 0.25) is 0 Å². The highest BCUT2D eigenvalue weighted by atomic mass is 16.5. The van der Waals surface area contributed by atoms with Gasteiger partial charge in [-0.3, -0.25) is 14.6 Å². The van der Waals surface area contributed by atoms with Crippen LogP contribution in [0.15, 0.2) is 47.6 Å². The minimum Gasteiger partial charge on any atom is -0.493 e. The predicted molar refractivity (Wildman–Crippen MR) is 159 cm³/mol. The molecule has 8 heteroatoms. The van der Waals surface area contributed by atoms with Crippen LogP contribution in [0.4, 0.5) is 5.69 Å². The molecular formula is C32H44N4O4. The molecule has 1 saturated heterocycles. The van der Waals surface area contributed by atoms with Gasteiger partial charge in [-0.2, -0.15) is 5.10 Å². The fraction of sp³-hybridized carbons (Fsp3) is 0.531. The molecule has 40 heavy (non-hydrogen) atoms. The maximum Gasteiger partial charge on any atom is 0.306 e. The molecule has 2 aromatic rings. The van der Waals surface area contributed by atoms with E-state index in [1.54, 1.807) is 0 Å². The third kappa shape index (κ3) is 9.37. The molecule has 4 rings (SSSR count). The van der Waals surface area contributed by atoms with Crippen LogP contribution in [0.1, 0.15) is 73.4 Å². The summed E-state index contributed by atoms with van der Waals surface area (Å²) in [7, 11) is 2.12. The molecule has 2 heterocycles. The largest absolute Gasteiger partial charge is 0.493 e. The third-order valence-electron chi connectivity index (χ3n) is 7.54. The molecule has 1 unspecified atom stereocenters. The fourth-order valence-electron chi connectivity index (χ4n) is 5.01. The Labute approximate surface area is 238 Å². The fourth-order valence-corrected chi connectivity index (χ4v) is 5.01. The zero-order chi connectivity index (χ0) is 28.2. The van der Waals surface area contributed by atoms with E-state index >= 15 is 0 Å². The number of nitrogens with one attached hydrogen (secondary N) is 1. The molecule has 0 bridgehead atoms. The Morgan fingerprint density at radius 1 is 1.02 bits per heavy atom. The summed E-state index contributed by atoms with van der Waals surface area (Å²) in [6.07, 6.45) is 9.90. The molecule has 216 valence electrons. The summed E-state index contributed by atoms with van der Waals surface area (Å²) in [5, 5.41) is 9.63. The quantitative estimate of drug-likeness (QED) is 0.206. The Balaban J connectivity index is 1.22. The Bertz CT molecular complexity index is 1130. The van der Waals surface area contributed by atoms with Crippen molar-refractivity contribution in [2.45, 2.75) is 58.3 Å². The van der Waals surface area contributed by atoms with Crippen LogP contribution < -0.4 is 10.1 Å². The van der Waals surface area contributed by atoms with Gasteiger partial charge in [-0.25, -0.2) is 0 Å². The van der Waals surface area contributed by atoms with Crippen molar-refractivity contribution in [2.75, 3.05) is 51.8 Å². The van der Waals surface area contributed by atoms with Crippen LogP contribution in [0, 0.1) is 5.92 Å². The first-order valence-corrected chi connectivity index (χ1v) is 14.8. The highest BCUT2D eigenvalue weighted by Crippen LogP contribution is 2.31. The van der Waals surface area contributed by atoms with Crippen LogP contribution in [-0.4, -0.2) is 74.4 Å². The van der Waals surface area contributed by atoms with E-state index in [0.29, 0.717) is 37.3 Å². The molecule has 8 nitrogen and oxygen atoms in total. The number of nitrogens with zero attached hydrogens (tertiary/aromatic N) is 3. The van der Waals surface area contributed by atoms with Crippen LogP contribution in [0.5, 0.6) is 5.75 Å². The van der Waals surface area contributed by atoms with Gasteiger partial charge in [0.25, 0.3) is 5.91 Å². The van der Waals surface area contributed by atoms with Gasteiger partial charge in [0.05, 0.1) is 25.8 Å². The van der Waals surface area contributed by atoms with E-state index in [-0.39, 0.29) is 17.8 Å². The second-order valence-corrected chi connectivity index (χ2v) is 11.0. The van der Waals surface area contributed by atoms with Gasteiger partial charge in [0.15, 0.2) is 0 Å². The van der Waals surface area contributed by atoms with E-state index in [9.17, 15) is 9.59 Å². The maximum absolute atomic E-state index is 12.9. The zero-order valence-corrected chi connectivity index (χ0v) is 24.1. The van der Waals surface area contributed by atoms with Crippen molar-refractivity contribution in [3.8, 4) is 5.75 Å². The number of esters is 1. The van der Waals surface area contributed by atoms with E-state index < -0.39 is 0 Å². The van der Waals surface area contributed by atoms with Crippen LogP contribution >= 0.6 is 0 Å². The summed E-state index contributed by atoms with van der Waals surface area (Å²) in [6.45, 7) is 7.06. The molecule has 0 aliphatic carbocycles. The number of hydrogen-bond acceptors (Lipinski definition) is 7. The average molecular weight is 549 g/mol. The van der Waals surface area contributed by atoms with Crippen molar-refractivity contribution < 1.29 is 19.1 Å². The molecular weight excluding hydrogens is 504 g/mol. The van der Waals surface area contributed by atoms with Gasteiger partial charge in [0.1, 0.15) is 5.75 Å². The monoisotopic (exact) mass is 548 g/mol. The average Bonchev–Trinajstić information content (AvgIpc) is 2.96. The number of rotatable bonds is 13. The standard InChI is InChI=1S/C32H44N4O4/c1-3-4-5-6-7-8-19-39-31(37)21-26-20-28-22-29(13-14-30(28)40-24-26)34-32(38)27-11-9-25(10-12-27)23-33-36-17-15-35(2)16-18-36/h9-14,22-23,26H,3-8,15-21,24H2,1-2H3,(H,34,38). The lowest BCUT2D eigenvalue weighted by atomic mass is 9.93. The van der Waals surface area contributed by atoms with Crippen molar-refractivity contribution in [3.05, 3.63) is 59.2 Å². The highest BCUT2D eigenvalue weighted by molar-refractivity contribution is 6.04. The van der Waals surface area contributed by atoms with E-state index in [1.807, 2.05) is 48.7 Å². The van der Waals surface area contributed by atoms with Crippen molar-refractivity contribution in [3.63, 3.8) is 0 Å². The molecule has 1 fully saturated rings. The van der Waals surface area contributed by atoms with Crippen molar-refractivity contribution in [1.82, 2.24) is 9.91 Å². The SMILES string of the molecule is CCCCCCCCOC(=O)CC1COc2ccc(NC(=O)c3ccc(C=NN4CCN(C)CC4)cc3)cc2C1. The normalized spacial score (nSPS) is 17.4. The second kappa shape index (κ2) is 15.4. The summed E-state index contributed by atoms with van der Waals surface area (Å²) >= 11 is 0. The molecule has 0 saturated carbocycles. The molecule has 0 radical (unpaired) electrons. The molecule has 1 amide bonds. The molecule has 1 N–H and O–H groups in total. The third-order valence-corrected chi connectivity index (χ3v) is 7.54. The summed E-state index contributed by atoms with van der Waals surface area (Å²) in [5.74, 6) is 0.537. The molecule has 0 aromatic heterocycles. The van der Waals surface area contributed by atoms with Crippen molar-refractivity contribution in [1.29, 1.82) is 0 Å². The van der Waals surface area contributed by atoms with Gasteiger partial charge in [-0.1, -0.05) is 51.2 Å². The number of hydrazone groups is 1. The number of anilines is 1. The number of amides is 1. The number of likely N-dealkylation sites (N-methyl/N-ethyl adjacent to an activating group) is 1. The first kappa shape index (κ1) is 29.6. The van der Waals surface area contributed by atoms with Gasteiger partial charge in [-0.05, 0) is 61.3 Å². The smallest absolute Gasteiger partial charge is 0.306 e. The molecule has 2 aliphatic rings. The minimum absolute atomic E-state index is 0.0653. The summed E-state index contributed by atoms with van der Waals surface area (Å²) in [4.78, 5) is 27.5. The van der Waals surface area contributed by atoms with E-state index in [1.165, 1.54) is 25.7 Å². The topological polar surface area (TPSA) is 83.5 Å². The minimum atomic E-state index is -0.172. The summed E-state index contributed by atoms with van der Waals surface area (Å²) in [5.41, 5.74) is 3.24. The van der Waals surface area contributed by atoms with Crippen LogP contribution in [0.2, 0.25) is 0 Å². The molecule has 0 spiro atoms. The number of hydrogen-bond donors (Lipinski definition) is 1. The van der Waals surface area contributed by atoms with Crippen LogP contribution in [0.25, 0.3) is 0 Å². The Hall–Kier alpha value is -3.39. The van der Waals surface area contributed by atoms with Gasteiger partial charge >= 0.3 is 5.97 Å². The number of piperazine rings is 1. The number of carbonyl (C=O) groups excluding carboxylic acids is 2. The second-order valence-electron chi connectivity index (χ2n) is 11.0. The Kier molecular flexibility index (Phi) is 11.4. The summed E-state index contributed by atoms with van der Waals surface area (Å²) < 4.78 is 11.4. The number of carbonyl (C=O) groups is 2. The lowest BCUT2D eigenvalue weighted by Gasteiger charge is -2.30. The predicted octanol–water partition coefficient (Wildman–Crippen LogP) is 5.37. The highest BCUT2D eigenvalue weighted by Gasteiger charge is 2.23. The Morgan fingerprint density at radius 3 is 2.55 bits per heavy atom. The first-order valence-electron chi connectivity index (χ1n) is 14.8. The van der Waals surface area contributed by atoms with E-state index in [2.05, 4.69) is 34.3 Å². The van der Waals surface area contributed by atoms with E-state index in [4.69, 9.17) is 9.47 Å². The van der Waals surface area contributed by atoms with Gasteiger partial charge in [-0.15, -0.1) is 0 Å². The summed E-state index contributed by atoms with van der Waals surface area (Å²) in [6, 6.07) is 13.1. The van der Waals surface area contributed by atoms with Crippen LogP contribution in [0.3, 0.4) is 0 Å². The molecule has 2 aliphatic heterocycles. The number of unbranched alkanes of at least 4 members (excludes halogenated alkanes) is 5. The zero-order valence-electron chi connectivity index (χ0n) is 24.1. The number of ether oxygens (including phenoxy) is 2. The Morgan fingerprint density at radius 2 is 1.77 bits per heavy atom. The molecule has 1 atom stereocenters. The van der Waals surface area contributed by atoms with Crippen LogP contribution in [-0.2, 0) is 16.0 Å². The van der Waals surface area contributed by atoms with Crippen molar-refractivity contribution in [2.24, 2.45) is 11.0 Å². The van der Waals surface area contributed by atoms with E-state index in [0.717, 1.165) is 55.9 Å². The van der Waals surface area contributed by atoms with Gasteiger partial charge < -0.3 is 19.7 Å². The van der Waals surface area contributed by atoms with Crippen molar-refractivity contribution >= 4 is 23.8 Å². The molecule has 2 aromatic carbocycles. The van der Waals surface area contributed by atoms with Gasteiger partial charge in [0, 0.05) is 43.3 Å². The number of benzene rings is 2. The lowest BCUT2D eigenvalue weighted by Crippen LogP contribution is -2.41. The first-order chi connectivity index (χ1) is 19.5. The maximum atomic E-state index is 12.9. The lowest BCUT2D eigenvalue weighted by molar-refractivity contribution is -0.145.